The van der Waals surface area contributed by atoms with E-state index in [4.69, 9.17) is 25.7 Å². The van der Waals surface area contributed by atoms with Gasteiger partial charge in [-0.3, -0.25) is 0 Å². The van der Waals surface area contributed by atoms with Crippen LogP contribution in [0.5, 0.6) is 0 Å². The highest BCUT2D eigenvalue weighted by Gasteiger charge is 2.24. The van der Waals surface area contributed by atoms with E-state index in [2.05, 4.69) is 6.58 Å². The van der Waals surface area contributed by atoms with Crippen LogP contribution in [0, 0.1) is 0 Å². The van der Waals surface area contributed by atoms with Crippen molar-refractivity contribution in [1.29, 1.82) is 0 Å². The molecule has 0 amide bonds. The van der Waals surface area contributed by atoms with Crippen LogP contribution >= 0.6 is 0 Å². The Morgan fingerprint density at radius 1 is 0.895 bits per heavy atom. The van der Waals surface area contributed by atoms with Gasteiger partial charge in [-0.05, 0) is 92.5 Å². The van der Waals surface area contributed by atoms with Crippen molar-refractivity contribution in [2.45, 2.75) is 70.0 Å². The highest BCUT2D eigenvalue weighted by Crippen LogP contribution is 2.25. The molecule has 0 radical (unpaired) electrons. The predicted octanol–water partition coefficient (Wildman–Crippen LogP) is 5.88. The Morgan fingerprint density at radius 3 is 2.26 bits per heavy atom. The molecule has 1 saturated carbocycles. The first-order valence-corrected chi connectivity index (χ1v) is 13.5. The van der Waals surface area contributed by atoms with Crippen LogP contribution in [0.25, 0.3) is 6.08 Å². The minimum absolute atomic E-state index is 0.0759. The van der Waals surface area contributed by atoms with Crippen molar-refractivity contribution >= 4 is 29.4 Å². The van der Waals surface area contributed by atoms with Crippen LogP contribution in [0.4, 0.5) is 11.4 Å². The van der Waals surface area contributed by atoms with E-state index in [0.29, 0.717) is 23.4 Å². The number of esters is 2. The lowest BCUT2D eigenvalue weighted by Gasteiger charge is -2.28. The smallest absolute Gasteiger partial charge is 0.338 e. The maximum atomic E-state index is 12.6. The van der Waals surface area contributed by atoms with Crippen molar-refractivity contribution in [2.24, 2.45) is 0 Å². The standard InChI is InChI=1S/C31H40N2O5/c1-2-3-4-5-6-18-36-28-12-14-29(15-13-28)38-31(35)25-10-7-23(8-11-25)9-16-30(34)37-19-17-24-20-26(32)22-27(33)21-24/h2,7-11,16,20-22,28-29H,1,3-6,12-15,17-19,32-33H2/b16-9+. The first-order valence-electron chi connectivity index (χ1n) is 13.5. The van der Waals surface area contributed by atoms with Gasteiger partial charge in [0.25, 0.3) is 0 Å². The number of ether oxygens (including phenoxy) is 3. The third-order valence-corrected chi connectivity index (χ3v) is 6.53. The van der Waals surface area contributed by atoms with Gasteiger partial charge in [0.05, 0.1) is 18.3 Å². The van der Waals surface area contributed by atoms with Crippen LogP contribution in [0.1, 0.15) is 72.9 Å². The van der Waals surface area contributed by atoms with Crippen molar-refractivity contribution in [1.82, 2.24) is 0 Å². The second-order valence-electron chi connectivity index (χ2n) is 9.69. The molecule has 4 N–H and O–H groups in total. The summed E-state index contributed by atoms with van der Waals surface area (Å²) in [5, 5.41) is 0. The first-order chi connectivity index (χ1) is 18.4. The number of carbonyl (C=O) groups excluding carboxylic acids is 2. The Balaban J connectivity index is 1.33. The summed E-state index contributed by atoms with van der Waals surface area (Å²) in [5.41, 5.74) is 14.9. The number of benzene rings is 2. The second kappa shape index (κ2) is 15.6. The summed E-state index contributed by atoms with van der Waals surface area (Å²) in [6, 6.07) is 12.3. The molecule has 0 unspecified atom stereocenters. The molecule has 2 aromatic carbocycles. The Kier molecular flexibility index (Phi) is 11.9. The molecule has 0 heterocycles. The van der Waals surface area contributed by atoms with Gasteiger partial charge < -0.3 is 25.7 Å². The van der Waals surface area contributed by atoms with E-state index in [-0.39, 0.29) is 24.8 Å². The molecular weight excluding hydrogens is 480 g/mol. The van der Waals surface area contributed by atoms with Gasteiger partial charge in [0, 0.05) is 30.5 Å². The molecule has 0 atom stereocenters. The Labute approximate surface area is 225 Å². The number of allylic oxidation sites excluding steroid dienone is 1. The summed E-state index contributed by atoms with van der Waals surface area (Å²) >= 11 is 0. The lowest BCUT2D eigenvalue weighted by molar-refractivity contribution is -0.137. The summed E-state index contributed by atoms with van der Waals surface area (Å²) in [6.07, 6.45) is 13.6. The van der Waals surface area contributed by atoms with Gasteiger partial charge in [0.15, 0.2) is 0 Å². The van der Waals surface area contributed by atoms with E-state index in [0.717, 1.165) is 56.3 Å². The maximum absolute atomic E-state index is 12.6. The fraction of sp³-hybridized carbons (Fsp3) is 0.419. The van der Waals surface area contributed by atoms with Gasteiger partial charge in [0.2, 0.25) is 0 Å². The van der Waals surface area contributed by atoms with Crippen LogP contribution in [-0.2, 0) is 25.4 Å². The van der Waals surface area contributed by atoms with Gasteiger partial charge in [-0.25, -0.2) is 9.59 Å². The summed E-state index contributed by atoms with van der Waals surface area (Å²) in [4.78, 5) is 24.6. The number of rotatable bonds is 14. The lowest BCUT2D eigenvalue weighted by Crippen LogP contribution is -2.28. The van der Waals surface area contributed by atoms with Crippen molar-refractivity contribution < 1.29 is 23.8 Å². The van der Waals surface area contributed by atoms with E-state index >= 15 is 0 Å². The lowest BCUT2D eigenvalue weighted by atomic mass is 9.95. The van der Waals surface area contributed by atoms with Crippen LogP contribution in [0.15, 0.2) is 61.2 Å². The third-order valence-electron chi connectivity index (χ3n) is 6.53. The molecule has 7 heteroatoms. The van der Waals surface area contributed by atoms with E-state index in [1.54, 1.807) is 48.5 Å². The van der Waals surface area contributed by atoms with E-state index in [9.17, 15) is 9.59 Å². The van der Waals surface area contributed by atoms with Gasteiger partial charge in [-0.1, -0.05) is 24.6 Å². The minimum atomic E-state index is -0.447. The monoisotopic (exact) mass is 520 g/mol. The molecule has 7 nitrogen and oxygen atoms in total. The number of hydrogen-bond donors (Lipinski definition) is 2. The van der Waals surface area contributed by atoms with Crippen molar-refractivity contribution in [3.8, 4) is 0 Å². The number of nitrogen functional groups attached to an aromatic ring is 2. The average Bonchev–Trinajstić information content (AvgIpc) is 2.90. The van der Waals surface area contributed by atoms with Crippen molar-refractivity contribution in [3.05, 3.63) is 77.9 Å². The first kappa shape index (κ1) is 29.0. The van der Waals surface area contributed by atoms with Crippen molar-refractivity contribution in [3.63, 3.8) is 0 Å². The molecule has 0 aromatic heterocycles. The van der Waals surface area contributed by atoms with Crippen LogP contribution in [0.2, 0.25) is 0 Å². The number of carbonyl (C=O) groups is 2. The highest BCUT2D eigenvalue weighted by molar-refractivity contribution is 5.90. The molecule has 1 aliphatic carbocycles. The molecule has 0 aliphatic heterocycles. The molecule has 38 heavy (non-hydrogen) atoms. The Hall–Kier alpha value is -3.58. The molecule has 1 fully saturated rings. The van der Waals surface area contributed by atoms with Gasteiger partial charge in [0.1, 0.15) is 6.10 Å². The minimum Gasteiger partial charge on any atom is -0.462 e. The Morgan fingerprint density at radius 2 is 1.58 bits per heavy atom. The zero-order valence-corrected chi connectivity index (χ0v) is 22.1. The van der Waals surface area contributed by atoms with E-state index in [1.165, 1.54) is 18.9 Å². The summed E-state index contributed by atoms with van der Waals surface area (Å²) in [7, 11) is 0. The fourth-order valence-electron chi connectivity index (χ4n) is 4.46. The molecule has 0 saturated heterocycles. The molecule has 0 bridgehead atoms. The maximum Gasteiger partial charge on any atom is 0.338 e. The zero-order chi connectivity index (χ0) is 27.2. The quantitative estimate of drug-likeness (QED) is 0.105. The normalized spacial score (nSPS) is 17.3. The molecular formula is C31H40N2O5. The van der Waals surface area contributed by atoms with E-state index < -0.39 is 5.97 Å². The number of unbranched alkanes of at least 4 members (excludes halogenated alkanes) is 3. The largest absolute Gasteiger partial charge is 0.462 e. The summed E-state index contributed by atoms with van der Waals surface area (Å²) in [5.74, 6) is -0.772. The fourth-order valence-corrected chi connectivity index (χ4v) is 4.46. The topological polar surface area (TPSA) is 114 Å². The molecule has 1 aliphatic rings. The molecule has 204 valence electrons. The predicted molar refractivity (Wildman–Crippen MR) is 151 cm³/mol. The number of nitrogens with two attached hydrogens (primary N) is 2. The average molecular weight is 521 g/mol. The molecule has 3 rings (SSSR count). The molecule has 2 aromatic rings. The Bertz CT molecular complexity index is 1050. The number of hydrogen-bond acceptors (Lipinski definition) is 7. The summed E-state index contributed by atoms with van der Waals surface area (Å²) < 4.78 is 17.0. The van der Waals surface area contributed by atoms with Gasteiger partial charge in [-0.15, -0.1) is 6.58 Å². The number of anilines is 2. The second-order valence-corrected chi connectivity index (χ2v) is 9.69. The van der Waals surface area contributed by atoms with Gasteiger partial charge in [-0.2, -0.15) is 0 Å². The SMILES string of the molecule is C=CCCCCCOC1CCC(OC(=O)c2ccc(/C=C/C(=O)OCCc3cc(N)cc(N)c3)cc2)CC1. The van der Waals surface area contributed by atoms with Crippen molar-refractivity contribution in [2.75, 3.05) is 24.7 Å². The van der Waals surface area contributed by atoms with Crippen LogP contribution < -0.4 is 11.5 Å². The van der Waals surface area contributed by atoms with Crippen LogP contribution in [-0.4, -0.2) is 37.4 Å². The highest BCUT2D eigenvalue weighted by atomic mass is 16.5. The van der Waals surface area contributed by atoms with E-state index in [1.807, 2.05) is 6.08 Å². The zero-order valence-electron chi connectivity index (χ0n) is 22.1. The summed E-state index contributed by atoms with van der Waals surface area (Å²) in [6.45, 7) is 4.76. The molecule has 0 spiro atoms. The third kappa shape index (κ3) is 10.4. The van der Waals surface area contributed by atoms with Gasteiger partial charge >= 0.3 is 11.9 Å². The van der Waals surface area contributed by atoms with Crippen LogP contribution in [0.3, 0.4) is 0 Å².